The number of sulfonamides is 1. The summed E-state index contributed by atoms with van der Waals surface area (Å²) < 4.78 is 34.2. The molecule has 0 amide bonds. The maximum Gasteiger partial charge on any atom is 0.243 e. The molecule has 0 unspecified atom stereocenters. The van der Waals surface area contributed by atoms with Gasteiger partial charge >= 0.3 is 0 Å². The highest BCUT2D eigenvalue weighted by Crippen LogP contribution is 2.34. The Balaban J connectivity index is 1.63. The van der Waals surface area contributed by atoms with E-state index in [-0.39, 0.29) is 23.8 Å². The summed E-state index contributed by atoms with van der Waals surface area (Å²) in [5.74, 6) is -0.634. The van der Waals surface area contributed by atoms with Gasteiger partial charge in [0.1, 0.15) is 6.04 Å². The van der Waals surface area contributed by atoms with Crippen molar-refractivity contribution in [3.05, 3.63) is 101 Å². The van der Waals surface area contributed by atoms with Gasteiger partial charge in [0, 0.05) is 6.54 Å². The lowest BCUT2D eigenvalue weighted by Crippen LogP contribution is -2.41. The molecule has 1 aliphatic rings. The van der Waals surface area contributed by atoms with Gasteiger partial charge in [-0.15, -0.1) is 0 Å². The van der Waals surface area contributed by atoms with Crippen LogP contribution in [0.5, 0.6) is 0 Å². The highest BCUT2D eigenvalue weighted by molar-refractivity contribution is 7.89. The number of nitrogens with zero attached hydrogens (tertiary/aromatic N) is 1. The molecule has 6 heteroatoms. The Kier molecular flexibility index (Phi) is 6.55. The van der Waals surface area contributed by atoms with Crippen molar-refractivity contribution < 1.29 is 17.9 Å². The second-order valence-electron chi connectivity index (χ2n) is 8.22. The number of rotatable bonds is 7. The van der Waals surface area contributed by atoms with Crippen LogP contribution in [0, 0.1) is 13.8 Å². The number of ether oxygens (including phenoxy) is 1. The van der Waals surface area contributed by atoms with E-state index in [1.807, 2.05) is 68.4 Å². The highest BCUT2D eigenvalue weighted by Gasteiger charge is 2.47. The number of aryl methyl sites for hydroxylation is 2. The Morgan fingerprint density at radius 2 is 1.56 bits per heavy atom. The van der Waals surface area contributed by atoms with Gasteiger partial charge in [-0.3, -0.25) is 4.79 Å². The molecule has 1 saturated heterocycles. The van der Waals surface area contributed by atoms with Crippen molar-refractivity contribution in [2.75, 3.05) is 13.2 Å². The first-order valence-corrected chi connectivity index (χ1v) is 12.1. The van der Waals surface area contributed by atoms with E-state index in [1.54, 1.807) is 24.3 Å². The van der Waals surface area contributed by atoms with Crippen LogP contribution in [0.15, 0.2) is 83.8 Å². The summed E-state index contributed by atoms with van der Waals surface area (Å²) in [7, 11) is -3.85. The first-order chi connectivity index (χ1) is 15.4. The van der Waals surface area contributed by atoms with Crippen LogP contribution < -0.4 is 0 Å². The van der Waals surface area contributed by atoms with Crippen LogP contribution >= 0.6 is 0 Å². The average Bonchev–Trinajstić information content (AvgIpc) is 3.12. The number of carbonyl (C=O) groups is 1. The zero-order valence-corrected chi connectivity index (χ0v) is 19.1. The summed E-state index contributed by atoms with van der Waals surface area (Å²) in [6, 6.07) is 23.1. The topological polar surface area (TPSA) is 63.7 Å². The maximum absolute atomic E-state index is 13.5. The molecule has 0 aromatic heterocycles. The van der Waals surface area contributed by atoms with Crippen molar-refractivity contribution in [2.24, 2.45) is 0 Å². The predicted octanol–water partition coefficient (Wildman–Crippen LogP) is 4.25. The fourth-order valence-corrected chi connectivity index (χ4v) is 5.74. The van der Waals surface area contributed by atoms with Crippen LogP contribution in [-0.2, 0) is 26.2 Å². The van der Waals surface area contributed by atoms with E-state index in [4.69, 9.17) is 4.74 Å². The fourth-order valence-electron chi connectivity index (χ4n) is 4.14. The van der Waals surface area contributed by atoms with Crippen LogP contribution in [0.1, 0.15) is 28.2 Å². The summed E-state index contributed by atoms with van der Waals surface area (Å²) in [6.07, 6.45) is 0. The molecule has 0 spiro atoms. The molecule has 0 aliphatic carbocycles. The number of Topliss-reactive ketones (excluding diaryl/α,β-unsaturated/α-hetero) is 1. The Morgan fingerprint density at radius 3 is 2.25 bits per heavy atom. The molecule has 32 heavy (non-hydrogen) atoms. The summed E-state index contributed by atoms with van der Waals surface area (Å²) in [5, 5.41) is 0. The number of hydrogen-bond acceptors (Lipinski definition) is 4. The van der Waals surface area contributed by atoms with Crippen molar-refractivity contribution in [3.63, 3.8) is 0 Å². The van der Waals surface area contributed by atoms with Gasteiger partial charge < -0.3 is 4.74 Å². The molecular weight excluding hydrogens is 422 g/mol. The van der Waals surface area contributed by atoms with Crippen LogP contribution in [0.4, 0.5) is 0 Å². The number of carbonyl (C=O) groups excluding carboxylic acids is 1. The first kappa shape index (κ1) is 22.4. The minimum atomic E-state index is -3.85. The van der Waals surface area contributed by atoms with Crippen LogP contribution in [0.25, 0.3) is 0 Å². The van der Waals surface area contributed by atoms with Crippen molar-refractivity contribution >= 4 is 15.8 Å². The Labute approximate surface area is 189 Å². The lowest BCUT2D eigenvalue weighted by molar-refractivity contribution is -0.122. The smallest absolute Gasteiger partial charge is 0.243 e. The largest absolute Gasteiger partial charge is 0.375 e. The molecule has 1 fully saturated rings. The summed E-state index contributed by atoms with van der Waals surface area (Å²) in [4.78, 5) is 13.6. The molecule has 0 N–H and O–H groups in total. The van der Waals surface area contributed by atoms with Crippen molar-refractivity contribution in [3.8, 4) is 0 Å². The minimum Gasteiger partial charge on any atom is -0.375 e. The minimum absolute atomic E-state index is 0.0151. The zero-order chi connectivity index (χ0) is 22.7. The standard InChI is InChI=1S/C26H27NO4S/c1-19-12-14-22(15-13-19)32(29,30)27-16-24(23-11-7-6-8-20(23)2)26(28)25(27)18-31-17-21-9-4-3-5-10-21/h3-15,24-25H,16-18H2,1-2H3/t24-,25-/m1/s1. The van der Waals surface area contributed by atoms with Gasteiger partial charge in [-0.05, 0) is 42.7 Å². The molecule has 3 aromatic rings. The Bertz CT molecular complexity index is 1190. The molecular formula is C26H27NO4S. The normalized spacial score (nSPS) is 19.4. The van der Waals surface area contributed by atoms with Gasteiger partial charge in [-0.25, -0.2) is 8.42 Å². The molecule has 0 saturated carbocycles. The van der Waals surface area contributed by atoms with Gasteiger partial charge in [0.25, 0.3) is 0 Å². The van der Waals surface area contributed by atoms with Crippen LogP contribution in [0.2, 0.25) is 0 Å². The molecule has 1 heterocycles. The Morgan fingerprint density at radius 1 is 0.906 bits per heavy atom. The van der Waals surface area contributed by atoms with E-state index < -0.39 is 22.0 Å². The van der Waals surface area contributed by atoms with Gasteiger partial charge in [0.15, 0.2) is 5.78 Å². The molecule has 4 rings (SSSR count). The van der Waals surface area contributed by atoms with E-state index >= 15 is 0 Å². The second-order valence-corrected chi connectivity index (χ2v) is 10.1. The van der Waals surface area contributed by atoms with Crippen molar-refractivity contribution in [2.45, 2.75) is 37.3 Å². The van der Waals surface area contributed by atoms with Crippen LogP contribution in [-0.4, -0.2) is 37.7 Å². The molecule has 0 radical (unpaired) electrons. The second kappa shape index (κ2) is 9.36. The molecule has 166 valence electrons. The highest BCUT2D eigenvalue weighted by atomic mass is 32.2. The lowest BCUT2D eigenvalue weighted by Gasteiger charge is -2.23. The number of ketones is 1. The van der Waals surface area contributed by atoms with E-state index in [2.05, 4.69) is 0 Å². The molecule has 0 bridgehead atoms. The van der Waals surface area contributed by atoms with Crippen molar-refractivity contribution in [1.82, 2.24) is 4.31 Å². The van der Waals surface area contributed by atoms with Gasteiger partial charge in [-0.2, -0.15) is 4.31 Å². The van der Waals surface area contributed by atoms with E-state index in [1.165, 1.54) is 4.31 Å². The quantitative estimate of drug-likeness (QED) is 0.541. The summed E-state index contributed by atoms with van der Waals surface area (Å²) in [6.45, 7) is 4.30. The van der Waals surface area contributed by atoms with Crippen LogP contribution in [0.3, 0.4) is 0 Å². The third kappa shape index (κ3) is 4.53. The molecule has 2 atom stereocenters. The van der Waals surface area contributed by atoms with Crippen molar-refractivity contribution in [1.29, 1.82) is 0 Å². The van der Waals surface area contributed by atoms with Gasteiger partial charge in [-0.1, -0.05) is 72.3 Å². The monoisotopic (exact) mass is 449 g/mol. The average molecular weight is 450 g/mol. The molecule has 5 nitrogen and oxygen atoms in total. The summed E-state index contributed by atoms with van der Waals surface area (Å²) >= 11 is 0. The van der Waals surface area contributed by atoms with E-state index in [0.717, 1.165) is 22.3 Å². The van der Waals surface area contributed by atoms with E-state index in [9.17, 15) is 13.2 Å². The fraction of sp³-hybridized carbons (Fsp3) is 0.269. The van der Waals surface area contributed by atoms with Gasteiger partial charge in [0.2, 0.25) is 10.0 Å². The van der Waals surface area contributed by atoms with E-state index in [0.29, 0.717) is 6.61 Å². The lowest BCUT2D eigenvalue weighted by atomic mass is 9.92. The third-order valence-electron chi connectivity index (χ3n) is 5.96. The maximum atomic E-state index is 13.5. The zero-order valence-electron chi connectivity index (χ0n) is 18.3. The summed E-state index contributed by atoms with van der Waals surface area (Å²) in [5.41, 5.74) is 3.79. The molecule has 3 aromatic carbocycles. The predicted molar refractivity (Wildman–Crippen MR) is 124 cm³/mol. The van der Waals surface area contributed by atoms with Gasteiger partial charge in [0.05, 0.1) is 24.0 Å². The first-order valence-electron chi connectivity index (χ1n) is 10.7. The number of hydrogen-bond donors (Lipinski definition) is 0. The number of benzene rings is 3. The molecule has 1 aliphatic heterocycles. The third-order valence-corrected chi connectivity index (χ3v) is 7.85. The Hall–Kier alpha value is -2.80. The SMILES string of the molecule is Cc1ccc(S(=O)(=O)N2C[C@H](c3ccccc3C)C(=O)[C@H]2COCc2ccccc2)cc1.